The highest BCUT2D eigenvalue weighted by molar-refractivity contribution is 7.99. The van der Waals surface area contributed by atoms with Gasteiger partial charge in [-0.15, -0.1) is 11.8 Å². The molecule has 0 radical (unpaired) electrons. The Hall–Kier alpha value is -0.470. The first-order valence-electron chi connectivity index (χ1n) is 4.19. The molecule has 1 nitrogen and oxygen atoms in total. The summed E-state index contributed by atoms with van der Waals surface area (Å²) in [4.78, 5) is 1.30. The van der Waals surface area contributed by atoms with Crippen LogP contribution in [-0.2, 0) is 6.42 Å². The zero-order valence-electron chi connectivity index (χ0n) is 7.29. The van der Waals surface area contributed by atoms with Gasteiger partial charge in [0.25, 0.3) is 0 Å². The molecule has 0 heterocycles. The van der Waals surface area contributed by atoms with E-state index in [9.17, 15) is 0 Å². The van der Waals surface area contributed by atoms with Crippen LogP contribution in [0.15, 0.2) is 29.2 Å². The Bertz CT molecular complexity index is 193. The van der Waals surface area contributed by atoms with Crippen LogP contribution in [0, 0.1) is 0 Å². The van der Waals surface area contributed by atoms with Crippen molar-refractivity contribution in [2.45, 2.75) is 18.2 Å². The SMILES string of the molecule is CCSc1ccc(CCO)cc1. The zero-order chi connectivity index (χ0) is 8.81. The molecular formula is C10H14OS. The Morgan fingerprint density at radius 1 is 1.25 bits per heavy atom. The number of hydrogen-bond acceptors (Lipinski definition) is 2. The lowest BCUT2D eigenvalue weighted by molar-refractivity contribution is 0.299. The largest absolute Gasteiger partial charge is 0.396 e. The predicted octanol–water partition coefficient (Wildman–Crippen LogP) is 2.33. The van der Waals surface area contributed by atoms with E-state index in [4.69, 9.17) is 5.11 Å². The second-order valence-corrected chi connectivity index (χ2v) is 3.89. The molecule has 0 saturated heterocycles. The monoisotopic (exact) mass is 182 g/mol. The third kappa shape index (κ3) is 2.88. The summed E-state index contributed by atoms with van der Waals surface area (Å²) < 4.78 is 0. The summed E-state index contributed by atoms with van der Waals surface area (Å²) in [5.41, 5.74) is 1.21. The Morgan fingerprint density at radius 3 is 2.42 bits per heavy atom. The van der Waals surface area contributed by atoms with Gasteiger partial charge < -0.3 is 5.11 Å². The number of aliphatic hydroxyl groups excluding tert-OH is 1. The molecule has 0 aliphatic rings. The summed E-state index contributed by atoms with van der Waals surface area (Å²) in [6, 6.07) is 8.38. The Balaban J connectivity index is 2.58. The average Bonchev–Trinajstić information content (AvgIpc) is 2.09. The average molecular weight is 182 g/mol. The second kappa shape index (κ2) is 5.22. The fourth-order valence-corrected chi connectivity index (χ4v) is 1.71. The number of hydrogen-bond donors (Lipinski definition) is 1. The van der Waals surface area contributed by atoms with Gasteiger partial charge in [-0.25, -0.2) is 0 Å². The zero-order valence-corrected chi connectivity index (χ0v) is 8.10. The summed E-state index contributed by atoms with van der Waals surface area (Å²) in [7, 11) is 0. The molecule has 0 bridgehead atoms. The molecule has 0 aliphatic heterocycles. The van der Waals surface area contributed by atoms with Crippen LogP contribution in [0.3, 0.4) is 0 Å². The van der Waals surface area contributed by atoms with E-state index in [1.165, 1.54) is 10.5 Å². The van der Waals surface area contributed by atoms with Crippen LogP contribution in [-0.4, -0.2) is 17.5 Å². The van der Waals surface area contributed by atoms with Gasteiger partial charge in [-0.1, -0.05) is 19.1 Å². The number of thioether (sulfide) groups is 1. The maximum absolute atomic E-state index is 8.69. The first-order chi connectivity index (χ1) is 5.86. The van der Waals surface area contributed by atoms with Crippen molar-refractivity contribution in [2.24, 2.45) is 0 Å². The van der Waals surface area contributed by atoms with Gasteiger partial charge in [-0.05, 0) is 29.9 Å². The van der Waals surface area contributed by atoms with Gasteiger partial charge in [0.15, 0.2) is 0 Å². The van der Waals surface area contributed by atoms with Crippen LogP contribution in [0.5, 0.6) is 0 Å². The van der Waals surface area contributed by atoms with E-state index >= 15 is 0 Å². The lowest BCUT2D eigenvalue weighted by atomic mass is 10.2. The lowest BCUT2D eigenvalue weighted by Gasteiger charge is -2.00. The van der Waals surface area contributed by atoms with Crippen molar-refractivity contribution in [3.05, 3.63) is 29.8 Å². The van der Waals surface area contributed by atoms with Gasteiger partial charge in [-0.3, -0.25) is 0 Å². The first-order valence-corrected chi connectivity index (χ1v) is 5.18. The van der Waals surface area contributed by atoms with Crippen molar-refractivity contribution < 1.29 is 5.11 Å². The van der Waals surface area contributed by atoms with Gasteiger partial charge in [-0.2, -0.15) is 0 Å². The van der Waals surface area contributed by atoms with E-state index in [1.54, 1.807) is 0 Å². The standard InChI is InChI=1S/C10H14OS/c1-2-12-10-5-3-9(4-6-10)7-8-11/h3-6,11H,2,7-8H2,1H3. The van der Waals surface area contributed by atoms with Gasteiger partial charge in [0, 0.05) is 11.5 Å². The number of rotatable bonds is 4. The molecule has 0 aromatic heterocycles. The molecule has 1 rings (SSSR count). The van der Waals surface area contributed by atoms with Gasteiger partial charge in [0.1, 0.15) is 0 Å². The summed E-state index contributed by atoms with van der Waals surface area (Å²) in [5, 5.41) is 8.69. The molecule has 0 fully saturated rings. The van der Waals surface area contributed by atoms with Crippen molar-refractivity contribution in [3.8, 4) is 0 Å². The van der Waals surface area contributed by atoms with Crippen molar-refractivity contribution in [1.82, 2.24) is 0 Å². The van der Waals surface area contributed by atoms with Crippen molar-refractivity contribution in [3.63, 3.8) is 0 Å². The quantitative estimate of drug-likeness (QED) is 0.721. The number of benzene rings is 1. The Labute approximate surface area is 77.8 Å². The van der Waals surface area contributed by atoms with Crippen molar-refractivity contribution >= 4 is 11.8 Å². The minimum atomic E-state index is 0.236. The minimum absolute atomic E-state index is 0.236. The van der Waals surface area contributed by atoms with Crippen LogP contribution in [0.25, 0.3) is 0 Å². The van der Waals surface area contributed by atoms with E-state index in [0.29, 0.717) is 0 Å². The Kier molecular flexibility index (Phi) is 4.19. The van der Waals surface area contributed by atoms with Crippen LogP contribution < -0.4 is 0 Å². The summed E-state index contributed by atoms with van der Waals surface area (Å²) >= 11 is 1.84. The highest BCUT2D eigenvalue weighted by Gasteiger charge is 1.93. The third-order valence-corrected chi connectivity index (χ3v) is 2.53. The summed E-state index contributed by atoms with van der Waals surface area (Å²) in [5.74, 6) is 1.11. The van der Waals surface area contributed by atoms with E-state index in [1.807, 2.05) is 11.8 Å². The molecule has 1 aromatic carbocycles. The van der Waals surface area contributed by atoms with Crippen molar-refractivity contribution in [1.29, 1.82) is 0 Å². The molecular weight excluding hydrogens is 168 g/mol. The normalized spacial score (nSPS) is 10.2. The molecule has 1 N–H and O–H groups in total. The maximum atomic E-state index is 8.69. The van der Waals surface area contributed by atoms with E-state index in [-0.39, 0.29) is 6.61 Å². The van der Waals surface area contributed by atoms with Gasteiger partial charge >= 0.3 is 0 Å². The molecule has 0 saturated carbocycles. The summed E-state index contributed by atoms with van der Waals surface area (Å²) in [6.45, 7) is 2.38. The molecule has 0 spiro atoms. The highest BCUT2D eigenvalue weighted by atomic mass is 32.2. The van der Waals surface area contributed by atoms with Gasteiger partial charge in [0.2, 0.25) is 0 Å². The fraction of sp³-hybridized carbons (Fsp3) is 0.400. The molecule has 0 unspecified atom stereocenters. The lowest BCUT2D eigenvalue weighted by Crippen LogP contribution is -1.89. The Morgan fingerprint density at radius 2 is 1.92 bits per heavy atom. The van der Waals surface area contributed by atoms with Gasteiger partial charge in [0.05, 0.1) is 0 Å². The molecule has 1 aromatic rings. The predicted molar refractivity (Wildman–Crippen MR) is 53.6 cm³/mol. The molecule has 12 heavy (non-hydrogen) atoms. The molecule has 0 aliphatic carbocycles. The molecule has 66 valence electrons. The maximum Gasteiger partial charge on any atom is 0.0471 e. The van der Waals surface area contributed by atoms with Crippen LogP contribution in [0.1, 0.15) is 12.5 Å². The second-order valence-electron chi connectivity index (χ2n) is 2.55. The van der Waals surface area contributed by atoms with Crippen LogP contribution in [0.4, 0.5) is 0 Å². The third-order valence-electron chi connectivity index (χ3n) is 1.63. The number of aliphatic hydroxyl groups is 1. The van der Waals surface area contributed by atoms with E-state index in [2.05, 4.69) is 31.2 Å². The fourth-order valence-electron chi connectivity index (χ4n) is 1.05. The van der Waals surface area contributed by atoms with Crippen LogP contribution >= 0.6 is 11.8 Å². The van der Waals surface area contributed by atoms with E-state index in [0.717, 1.165) is 12.2 Å². The molecule has 0 atom stereocenters. The van der Waals surface area contributed by atoms with Crippen molar-refractivity contribution in [2.75, 3.05) is 12.4 Å². The molecule has 0 amide bonds. The highest BCUT2D eigenvalue weighted by Crippen LogP contribution is 2.17. The smallest absolute Gasteiger partial charge is 0.0471 e. The summed E-state index contributed by atoms with van der Waals surface area (Å²) in [6.07, 6.45) is 0.761. The minimum Gasteiger partial charge on any atom is -0.396 e. The van der Waals surface area contributed by atoms with Crippen LogP contribution in [0.2, 0.25) is 0 Å². The first kappa shape index (κ1) is 9.62. The topological polar surface area (TPSA) is 20.2 Å². The van der Waals surface area contributed by atoms with E-state index < -0.39 is 0 Å². The molecule has 2 heteroatoms.